The SMILES string of the molecule is Cl.Cl.NCc1nc(CN2CCCC(N3CCCC3)CC2)no1. The summed E-state index contributed by atoms with van der Waals surface area (Å²) in [4.78, 5) is 9.43. The summed E-state index contributed by atoms with van der Waals surface area (Å²) >= 11 is 0. The summed E-state index contributed by atoms with van der Waals surface area (Å²) in [5, 5.41) is 3.99. The number of halogens is 2. The highest BCUT2D eigenvalue weighted by Gasteiger charge is 2.25. The number of likely N-dealkylation sites (tertiary alicyclic amines) is 2. The Hall–Kier alpha value is -0.400. The van der Waals surface area contributed by atoms with Crippen molar-refractivity contribution in [2.45, 2.75) is 51.2 Å². The maximum absolute atomic E-state index is 5.49. The summed E-state index contributed by atoms with van der Waals surface area (Å²) in [6.45, 7) is 5.98. The Bertz CT molecular complexity index is 425. The van der Waals surface area contributed by atoms with Gasteiger partial charge < -0.3 is 15.2 Å². The van der Waals surface area contributed by atoms with Crippen LogP contribution in [0.2, 0.25) is 0 Å². The van der Waals surface area contributed by atoms with Crippen LogP contribution in [0.5, 0.6) is 0 Å². The molecule has 0 bridgehead atoms. The average molecular weight is 352 g/mol. The fourth-order valence-electron chi connectivity index (χ4n) is 3.41. The number of rotatable bonds is 4. The highest BCUT2D eigenvalue weighted by molar-refractivity contribution is 5.85. The first-order valence-corrected chi connectivity index (χ1v) is 7.83. The smallest absolute Gasteiger partial charge is 0.240 e. The van der Waals surface area contributed by atoms with Gasteiger partial charge in [0.1, 0.15) is 0 Å². The predicted octanol–water partition coefficient (Wildman–Crippen LogP) is 1.82. The van der Waals surface area contributed by atoms with E-state index in [0.717, 1.165) is 31.5 Å². The maximum atomic E-state index is 5.49. The second kappa shape index (κ2) is 9.67. The van der Waals surface area contributed by atoms with E-state index in [2.05, 4.69) is 19.9 Å². The van der Waals surface area contributed by atoms with Crippen molar-refractivity contribution in [3.8, 4) is 0 Å². The average Bonchev–Trinajstić information content (AvgIpc) is 3.09. The predicted molar refractivity (Wildman–Crippen MR) is 90.4 cm³/mol. The van der Waals surface area contributed by atoms with Crippen LogP contribution in [-0.4, -0.2) is 52.2 Å². The normalized spacial score (nSPS) is 23.6. The van der Waals surface area contributed by atoms with Gasteiger partial charge in [0, 0.05) is 12.6 Å². The van der Waals surface area contributed by atoms with Crippen LogP contribution in [0.1, 0.15) is 43.8 Å². The number of hydrogen-bond donors (Lipinski definition) is 1. The fraction of sp³-hybridized carbons (Fsp3) is 0.857. The van der Waals surface area contributed by atoms with Gasteiger partial charge in [0.2, 0.25) is 5.89 Å². The highest BCUT2D eigenvalue weighted by Crippen LogP contribution is 2.21. The molecule has 22 heavy (non-hydrogen) atoms. The number of aromatic nitrogens is 2. The van der Waals surface area contributed by atoms with E-state index >= 15 is 0 Å². The lowest BCUT2D eigenvalue weighted by molar-refractivity contribution is 0.211. The molecule has 0 saturated carbocycles. The zero-order valence-corrected chi connectivity index (χ0v) is 14.6. The van der Waals surface area contributed by atoms with Gasteiger partial charge in [-0.25, -0.2) is 0 Å². The summed E-state index contributed by atoms with van der Waals surface area (Å²) in [6.07, 6.45) is 6.62. The van der Waals surface area contributed by atoms with Gasteiger partial charge in [-0.05, 0) is 51.7 Å². The van der Waals surface area contributed by atoms with E-state index in [0.29, 0.717) is 12.4 Å². The Labute approximate surface area is 144 Å². The Morgan fingerprint density at radius 2 is 1.82 bits per heavy atom. The minimum Gasteiger partial charge on any atom is -0.338 e. The van der Waals surface area contributed by atoms with Crippen LogP contribution in [0.3, 0.4) is 0 Å². The van der Waals surface area contributed by atoms with Crippen molar-refractivity contribution in [2.24, 2.45) is 5.73 Å². The van der Waals surface area contributed by atoms with Gasteiger partial charge in [-0.2, -0.15) is 4.98 Å². The number of nitrogens with zero attached hydrogens (tertiary/aromatic N) is 4. The second-order valence-electron chi connectivity index (χ2n) is 5.91. The molecule has 3 heterocycles. The molecule has 128 valence electrons. The highest BCUT2D eigenvalue weighted by atomic mass is 35.5. The third-order valence-corrected chi connectivity index (χ3v) is 4.50. The Kier molecular flexibility index (Phi) is 8.64. The molecule has 0 radical (unpaired) electrons. The van der Waals surface area contributed by atoms with Crippen LogP contribution in [0.25, 0.3) is 0 Å². The molecule has 8 heteroatoms. The molecule has 1 aromatic heterocycles. The van der Waals surface area contributed by atoms with E-state index in [1.807, 2.05) is 0 Å². The van der Waals surface area contributed by atoms with Crippen LogP contribution >= 0.6 is 24.8 Å². The summed E-state index contributed by atoms with van der Waals surface area (Å²) in [5.74, 6) is 1.30. The van der Waals surface area contributed by atoms with Gasteiger partial charge in [-0.15, -0.1) is 24.8 Å². The van der Waals surface area contributed by atoms with E-state index < -0.39 is 0 Å². The van der Waals surface area contributed by atoms with Crippen molar-refractivity contribution in [2.75, 3.05) is 26.2 Å². The second-order valence-corrected chi connectivity index (χ2v) is 5.91. The molecule has 1 aromatic rings. The lowest BCUT2D eigenvalue weighted by atomic mass is 10.1. The minimum atomic E-state index is 0. The molecule has 2 aliphatic rings. The quantitative estimate of drug-likeness (QED) is 0.891. The third-order valence-electron chi connectivity index (χ3n) is 4.50. The van der Waals surface area contributed by atoms with Crippen molar-refractivity contribution >= 4 is 24.8 Å². The van der Waals surface area contributed by atoms with Gasteiger partial charge in [-0.1, -0.05) is 5.16 Å². The molecule has 2 fully saturated rings. The van der Waals surface area contributed by atoms with E-state index in [1.165, 1.54) is 45.2 Å². The third kappa shape index (κ3) is 5.06. The van der Waals surface area contributed by atoms with E-state index in [-0.39, 0.29) is 24.8 Å². The molecule has 1 unspecified atom stereocenters. The van der Waals surface area contributed by atoms with Crippen LogP contribution in [-0.2, 0) is 13.1 Å². The van der Waals surface area contributed by atoms with Gasteiger partial charge in [0.15, 0.2) is 5.82 Å². The topological polar surface area (TPSA) is 71.4 Å². The monoisotopic (exact) mass is 351 g/mol. The van der Waals surface area contributed by atoms with Crippen LogP contribution < -0.4 is 5.73 Å². The Morgan fingerprint density at radius 1 is 1.05 bits per heavy atom. The zero-order valence-electron chi connectivity index (χ0n) is 12.9. The maximum Gasteiger partial charge on any atom is 0.240 e. The van der Waals surface area contributed by atoms with Gasteiger partial charge >= 0.3 is 0 Å². The summed E-state index contributed by atoms with van der Waals surface area (Å²) in [7, 11) is 0. The molecule has 0 aromatic carbocycles. The largest absolute Gasteiger partial charge is 0.338 e. The lowest BCUT2D eigenvalue weighted by Crippen LogP contribution is -2.33. The van der Waals surface area contributed by atoms with Crippen LogP contribution in [0.4, 0.5) is 0 Å². The molecular weight excluding hydrogens is 325 g/mol. The van der Waals surface area contributed by atoms with Crippen molar-refractivity contribution in [3.63, 3.8) is 0 Å². The number of hydrogen-bond acceptors (Lipinski definition) is 6. The van der Waals surface area contributed by atoms with Crippen LogP contribution in [0.15, 0.2) is 4.52 Å². The molecular formula is C14H27Cl2N5O. The number of nitrogens with two attached hydrogens (primary N) is 1. The molecule has 0 amide bonds. The van der Waals surface area contributed by atoms with Gasteiger partial charge in [0.25, 0.3) is 0 Å². The van der Waals surface area contributed by atoms with Gasteiger partial charge in [-0.3, -0.25) is 4.90 Å². The summed E-state index contributed by atoms with van der Waals surface area (Å²) in [5.41, 5.74) is 5.49. The Balaban J connectivity index is 0.00000121. The summed E-state index contributed by atoms with van der Waals surface area (Å²) in [6, 6.07) is 0.785. The first-order chi connectivity index (χ1) is 9.85. The molecule has 0 aliphatic carbocycles. The van der Waals surface area contributed by atoms with Gasteiger partial charge in [0.05, 0.1) is 13.1 Å². The minimum absolute atomic E-state index is 0. The first-order valence-electron chi connectivity index (χ1n) is 7.83. The van der Waals surface area contributed by atoms with Crippen molar-refractivity contribution in [1.29, 1.82) is 0 Å². The molecule has 2 N–H and O–H groups in total. The van der Waals surface area contributed by atoms with E-state index in [1.54, 1.807) is 0 Å². The standard InChI is InChI=1S/C14H25N5O.2ClH/c15-10-14-16-13(17-20-14)11-18-6-3-4-12(5-9-18)19-7-1-2-8-19;;/h12H,1-11,15H2;2*1H. The zero-order chi connectivity index (χ0) is 13.8. The van der Waals surface area contributed by atoms with E-state index in [4.69, 9.17) is 10.3 Å². The molecule has 1 atom stereocenters. The van der Waals surface area contributed by atoms with Crippen molar-refractivity contribution < 1.29 is 4.52 Å². The van der Waals surface area contributed by atoms with Crippen molar-refractivity contribution in [3.05, 3.63) is 11.7 Å². The molecule has 2 saturated heterocycles. The van der Waals surface area contributed by atoms with Crippen LogP contribution in [0, 0.1) is 0 Å². The fourth-order valence-corrected chi connectivity index (χ4v) is 3.41. The summed E-state index contributed by atoms with van der Waals surface area (Å²) < 4.78 is 5.07. The van der Waals surface area contributed by atoms with E-state index in [9.17, 15) is 0 Å². The Morgan fingerprint density at radius 3 is 2.50 bits per heavy atom. The molecule has 0 spiro atoms. The molecule has 3 rings (SSSR count). The molecule has 6 nitrogen and oxygen atoms in total. The molecule has 2 aliphatic heterocycles. The lowest BCUT2D eigenvalue weighted by Gasteiger charge is -2.26. The van der Waals surface area contributed by atoms with Crippen molar-refractivity contribution in [1.82, 2.24) is 19.9 Å². The first kappa shape index (κ1) is 19.6.